The summed E-state index contributed by atoms with van der Waals surface area (Å²) in [4.78, 5) is 0. The predicted octanol–water partition coefficient (Wildman–Crippen LogP) is 5.63. The minimum Gasteiger partial charge on any atom is -0.496 e. The first-order valence-corrected chi connectivity index (χ1v) is 14.6. The maximum Gasteiger partial charge on any atom is 0.137 e. The Morgan fingerprint density at radius 3 is 2.48 bits per heavy atom. The molecule has 1 aliphatic heterocycles. The van der Waals surface area contributed by atoms with Gasteiger partial charge in [-0.25, -0.2) is 0 Å². The van der Waals surface area contributed by atoms with Gasteiger partial charge in [0, 0.05) is 44.6 Å². The van der Waals surface area contributed by atoms with Crippen LogP contribution in [0.25, 0.3) is 0 Å². The molecule has 1 N–H and O–H groups in total. The summed E-state index contributed by atoms with van der Waals surface area (Å²) in [5.41, 5.74) is 3.80. The highest BCUT2D eigenvalue weighted by molar-refractivity contribution is 5.45. The Morgan fingerprint density at radius 2 is 1.67 bits per heavy atom. The van der Waals surface area contributed by atoms with E-state index in [4.69, 9.17) is 28.4 Å². The van der Waals surface area contributed by atoms with E-state index in [2.05, 4.69) is 23.5 Å². The van der Waals surface area contributed by atoms with Crippen molar-refractivity contribution in [3.05, 3.63) is 89.0 Å². The summed E-state index contributed by atoms with van der Waals surface area (Å²) >= 11 is 0. The Kier molecular flexibility index (Phi) is 13.0. The van der Waals surface area contributed by atoms with E-state index in [1.54, 1.807) is 20.3 Å². The van der Waals surface area contributed by atoms with Crippen molar-refractivity contribution in [3.8, 4) is 23.3 Å². The zero-order chi connectivity index (χ0) is 29.4. The molecule has 224 valence electrons. The van der Waals surface area contributed by atoms with Crippen molar-refractivity contribution >= 4 is 0 Å². The molecule has 8 nitrogen and oxygen atoms in total. The number of benzene rings is 3. The van der Waals surface area contributed by atoms with E-state index in [9.17, 15) is 5.26 Å². The van der Waals surface area contributed by atoms with Crippen LogP contribution in [0, 0.1) is 11.3 Å². The van der Waals surface area contributed by atoms with E-state index in [1.807, 2.05) is 48.5 Å². The standard InChI is InChI=1S/C34H42N2O6/c1-37-17-5-20-41-33-21-26(9-10-28(33)22-35)24-42-34-23-36-16-15-31(34)27-11-13-30(14-12-27)40-19-6-18-39-25-29-7-3-4-8-32(29)38-2/h3-4,7-14,21,31,34,36H,5-6,15-20,23-25H2,1-2H3/t31-,34?/m1/s1. The van der Waals surface area contributed by atoms with Crippen LogP contribution in [-0.2, 0) is 27.4 Å². The molecule has 0 bridgehead atoms. The predicted molar refractivity (Wildman–Crippen MR) is 161 cm³/mol. The van der Waals surface area contributed by atoms with Crippen LogP contribution in [0.4, 0.5) is 0 Å². The van der Waals surface area contributed by atoms with Crippen molar-refractivity contribution in [2.75, 3.05) is 53.7 Å². The maximum atomic E-state index is 9.45. The molecular weight excluding hydrogens is 532 g/mol. The zero-order valence-corrected chi connectivity index (χ0v) is 24.7. The highest BCUT2D eigenvalue weighted by Gasteiger charge is 2.27. The molecule has 3 aromatic carbocycles. The van der Waals surface area contributed by atoms with Crippen LogP contribution in [0.15, 0.2) is 66.7 Å². The molecule has 0 spiro atoms. The number of hydrogen-bond acceptors (Lipinski definition) is 8. The van der Waals surface area contributed by atoms with Gasteiger partial charge in [0.1, 0.15) is 23.3 Å². The number of para-hydroxylation sites is 1. The van der Waals surface area contributed by atoms with Crippen molar-refractivity contribution in [1.29, 1.82) is 5.26 Å². The molecule has 0 aliphatic carbocycles. The van der Waals surface area contributed by atoms with Gasteiger partial charge < -0.3 is 33.7 Å². The monoisotopic (exact) mass is 574 g/mol. The van der Waals surface area contributed by atoms with E-state index in [1.165, 1.54) is 5.56 Å². The summed E-state index contributed by atoms with van der Waals surface area (Å²) in [6.07, 6.45) is 2.60. The minimum absolute atomic E-state index is 0.0348. The normalized spacial score (nSPS) is 16.5. The molecule has 1 fully saturated rings. The fourth-order valence-electron chi connectivity index (χ4n) is 5.01. The summed E-state index contributed by atoms with van der Waals surface area (Å²) in [5, 5.41) is 12.9. The van der Waals surface area contributed by atoms with Crippen LogP contribution in [0.2, 0.25) is 0 Å². The van der Waals surface area contributed by atoms with E-state index in [0.29, 0.717) is 51.0 Å². The first kappa shape index (κ1) is 31.3. The summed E-state index contributed by atoms with van der Waals surface area (Å²) in [6, 6.07) is 24.1. The highest BCUT2D eigenvalue weighted by Crippen LogP contribution is 2.30. The number of nitriles is 1. The van der Waals surface area contributed by atoms with Crippen molar-refractivity contribution < 1.29 is 28.4 Å². The Balaban J connectivity index is 1.23. The van der Waals surface area contributed by atoms with Crippen LogP contribution in [0.5, 0.6) is 17.2 Å². The summed E-state index contributed by atoms with van der Waals surface area (Å²) in [6.45, 7) is 5.03. The lowest BCUT2D eigenvalue weighted by Crippen LogP contribution is -2.40. The third-order valence-electron chi connectivity index (χ3n) is 7.27. The second kappa shape index (κ2) is 17.4. The van der Waals surface area contributed by atoms with Gasteiger partial charge in [0.25, 0.3) is 0 Å². The third-order valence-corrected chi connectivity index (χ3v) is 7.27. The number of nitrogens with one attached hydrogen (secondary N) is 1. The van der Waals surface area contributed by atoms with Crippen LogP contribution in [0.1, 0.15) is 47.4 Å². The average Bonchev–Trinajstić information content (AvgIpc) is 3.04. The molecule has 1 aliphatic rings. The Bertz CT molecular complexity index is 1260. The van der Waals surface area contributed by atoms with Gasteiger partial charge in [-0.3, -0.25) is 0 Å². The first-order chi connectivity index (χ1) is 20.7. The van der Waals surface area contributed by atoms with Crippen LogP contribution < -0.4 is 19.5 Å². The number of rotatable bonds is 17. The second-order valence-electron chi connectivity index (χ2n) is 10.2. The Hall–Kier alpha value is -3.61. The molecule has 0 saturated carbocycles. The largest absolute Gasteiger partial charge is 0.496 e. The molecule has 1 saturated heterocycles. The van der Waals surface area contributed by atoms with Gasteiger partial charge in [-0.15, -0.1) is 0 Å². The molecule has 2 atom stereocenters. The molecule has 0 amide bonds. The molecule has 3 aromatic rings. The van der Waals surface area contributed by atoms with Crippen molar-refractivity contribution in [1.82, 2.24) is 5.32 Å². The van der Waals surface area contributed by atoms with Gasteiger partial charge in [-0.05, 0) is 54.4 Å². The van der Waals surface area contributed by atoms with E-state index in [-0.39, 0.29) is 12.0 Å². The number of hydrogen-bond donors (Lipinski definition) is 1. The lowest BCUT2D eigenvalue weighted by atomic mass is 9.87. The van der Waals surface area contributed by atoms with Gasteiger partial charge >= 0.3 is 0 Å². The average molecular weight is 575 g/mol. The van der Waals surface area contributed by atoms with Crippen LogP contribution in [0.3, 0.4) is 0 Å². The van der Waals surface area contributed by atoms with Crippen molar-refractivity contribution in [3.63, 3.8) is 0 Å². The van der Waals surface area contributed by atoms with Crippen LogP contribution >= 0.6 is 0 Å². The number of piperidine rings is 1. The Morgan fingerprint density at radius 1 is 0.857 bits per heavy atom. The molecule has 8 heteroatoms. The summed E-state index contributed by atoms with van der Waals surface area (Å²) in [5.74, 6) is 2.57. The van der Waals surface area contributed by atoms with Gasteiger partial charge in [0.15, 0.2) is 0 Å². The smallest absolute Gasteiger partial charge is 0.137 e. The van der Waals surface area contributed by atoms with Gasteiger partial charge in [-0.1, -0.05) is 36.4 Å². The highest BCUT2D eigenvalue weighted by atomic mass is 16.5. The molecule has 0 radical (unpaired) electrons. The van der Waals surface area contributed by atoms with Gasteiger partial charge in [-0.2, -0.15) is 5.26 Å². The maximum absolute atomic E-state index is 9.45. The minimum atomic E-state index is 0.0348. The number of methoxy groups -OCH3 is 2. The molecule has 0 aromatic heterocycles. The van der Waals surface area contributed by atoms with E-state index in [0.717, 1.165) is 55.0 Å². The second-order valence-corrected chi connectivity index (χ2v) is 10.2. The zero-order valence-electron chi connectivity index (χ0n) is 24.7. The van der Waals surface area contributed by atoms with Crippen LogP contribution in [-0.4, -0.2) is 59.8 Å². The molecule has 42 heavy (non-hydrogen) atoms. The summed E-state index contributed by atoms with van der Waals surface area (Å²) < 4.78 is 34.5. The fourth-order valence-corrected chi connectivity index (χ4v) is 5.01. The topological polar surface area (TPSA) is 91.2 Å². The number of ether oxygens (including phenoxy) is 6. The SMILES string of the molecule is COCCCOc1cc(COC2CNCC[C@@H]2c2ccc(OCCCOCc3ccccc3OC)cc2)ccc1C#N. The van der Waals surface area contributed by atoms with E-state index < -0.39 is 0 Å². The summed E-state index contributed by atoms with van der Waals surface area (Å²) in [7, 11) is 3.34. The van der Waals surface area contributed by atoms with Gasteiger partial charge in [0.05, 0.1) is 51.8 Å². The molecular formula is C34H42N2O6. The third kappa shape index (κ3) is 9.47. The molecule has 1 unspecified atom stereocenters. The lowest BCUT2D eigenvalue weighted by Gasteiger charge is -2.32. The van der Waals surface area contributed by atoms with Crippen molar-refractivity contribution in [2.24, 2.45) is 0 Å². The quantitative estimate of drug-likeness (QED) is 0.208. The van der Waals surface area contributed by atoms with Gasteiger partial charge in [0.2, 0.25) is 0 Å². The Labute approximate surface area is 249 Å². The molecule has 4 rings (SSSR count). The number of nitrogens with zero attached hydrogens (tertiary/aromatic N) is 1. The first-order valence-electron chi connectivity index (χ1n) is 14.6. The molecule has 1 heterocycles. The van der Waals surface area contributed by atoms with E-state index >= 15 is 0 Å². The fraction of sp³-hybridized carbons (Fsp3) is 0.441. The van der Waals surface area contributed by atoms with Crippen molar-refractivity contribution in [2.45, 2.75) is 44.5 Å². The lowest BCUT2D eigenvalue weighted by molar-refractivity contribution is 0.0105.